The molecule has 0 radical (unpaired) electrons. The Kier molecular flexibility index (Phi) is 4.74. The summed E-state index contributed by atoms with van der Waals surface area (Å²) in [6.07, 6.45) is -3.42. The Balaban J connectivity index is 1.91. The van der Waals surface area contributed by atoms with Crippen LogP contribution in [0.2, 0.25) is 0 Å². The van der Waals surface area contributed by atoms with Crippen molar-refractivity contribution in [3.63, 3.8) is 0 Å². The van der Waals surface area contributed by atoms with Gasteiger partial charge < -0.3 is 9.47 Å². The van der Waals surface area contributed by atoms with Crippen molar-refractivity contribution in [3.8, 4) is 11.6 Å². The number of halogens is 3. The summed E-state index contributed by atoms with van der Waals surface area (Å²) in [5.74, 6) is 0.364. The molecule has 4 nitrogen and oxygen atoms in total. The van der Waals surface area contributed by atoms with Crippen molar-refractivity contribution in [1.82, 2.24) is 9.97 Å². The third-order valence-corrected chi connectivity index (χ3v) is 4.64. The van der Waals surface area contributed by atoms with Gasteiger partial charge >= 0.3 is 6.18 Å². The molecule has 4 rings (SSSR count). The Morgan fingerprint density at radius 2 is 1.72 bits per heavy atom. The van der Waals surface area contributed by atoms with Crippen LogP contribution in [0.4, 0.5) is 13.2 Å². The van der Waals surface area contributed by atoms with Gasteiger partial charge in [-0.2, -0.15) is 13.2 Å². The molecule has 4 aromatic rings. The van der Waals surface area contributed by atoms with Crippen LogP contribution in [0.5, 0.6) is 11.6 Å². The number of hydrogen-bond donors (Lipinski definition) is 0. The fourth-order valence-corrected chi connectivity index (χ4v) is 3.28. The number of methoxy groups -OCH3 is 1. The lowest BCUT2D eigenvalue weighted by molar-refractivity contribution is -0.137. The summed E-state index contributed by atoms with van der Waals surface area (Å²) in [5, 5.41) is 0.364. The molecule has 0 aliphatic heterocycles. The molecule has 2 aromatic carbocycles. The second-order valence-corrected chi connectivity index (χ2v) is 6.62. The summed E-state index contributed by atoms with van der Waals surface area (Å²) < 4.78 is 53.1. The third kappa shape index (κ3) is 3.55. The molecule has 148 valence electrons. The Morgan fingerprint density at radius 3 is 2.41 bits per heavy atom. The lowest BCUT2D eigenvalue weighted by Crippen LogP contribution is -2.14. The van der Waals surface area contributed by atoms with Crippen LogP contribution in [-0.4, -0.2) is 17.1 Å². The van der Waals surface area contributed by atoms with Gasteiger partial charge in [-0.3, -0.25) is 4.98 Å². The number of ether oxygens (including phenoxy) is 2. The lowest BCUT2D eigenvalue weighted by Gasteiger charge is -2.18. The number of aromatic nitrogens is 2. The zero-order valence-electron chi connectivity index (χ0n) is 15.7. The number of benzene rings is 2. The molecule has 0 fully saturated rings. The molecule has 2 heterocycles. The number of pyridine rings is 2. The number of fused-ring (bicyclic) bond motifs is 3. The van der Waals surface area contributed by atoms with E-state index in [4.69, 9.17) is 9.47 Å². The molecule has 29 heavy (non-hydrogen) atoms. The SMILES string of the molecule is COc1nc2ccccc2c2ncc(COc3ccc(C)cc3)c(C(F)(F)F)c12. The number of rotatable bonds is 4. The van der Waals surface area contributed by atoms with Crippen LogP contribution in [-0.2, 0) is 12.8 Å². The lowest BCUT2D eigenvalue weighted by atomic mass is 10.0. The van der Waals surface area contributed by atoms with Gasteiger partial charge in [-0.1, -0.05) is 35.9 Å². The minimum atomic E-state index is -4.63. The first-order chi connectivity index (χ1) is 13.9. The van der Waals surface area contributed by atoms with Gasteiger partial charge in [-0.25, -0.2) is 4.98 Å². The van der Waals surface area contributed by atoms with Crippen LogP contribution < -0.4 is 9.47 Å². The molecule has 0 bridgehead atoms. The summed E-state index contributed by atoms with van der Waals surface area (Å²) in [5.41, 5.74) is 0.814. The molecule has 0 N–H and O–H groups in total. The van der Waals surface area contributed by atoms with Crippen molar-refractivity contribution < 1.29 is 22.6 Å². The Labute approximate surface area is 164 Å². The maximum Gasteiger partial charge on any atom is 0.417 e. The predicted molar refractivity (Wildman–Crippen MR) is 104 cm³/mol. The molecule has 0 unspecified atom stereocenters. The Bertz CT molecular complexity index is 1190. The van der Waals surface area contributed by atoms with Crippen LogP contribution >= 0.6 is 0 Å². The van der Waals surface area contributed by atoms with E-state index in [-0.39, 0.29) is 29.0 Å². The number of para-hydroxylation sites is 1. The second kappa shape index (κ2) is 7.24. The quantitative estimate of drug-likeness (QED) is 0.414. The molecular formula is C22H17F3N2O2. The zero-order valence-corrected chi connectivity index (χ0v) is 15.7. The average molecular weight is 398 g/mol. The van der Waals surface area contributed by atoms with Gasteiger partial charge in [-0.05, 0) is 25.1 Å². The fraction of sp³-hybridized carbons (Fsp3) is 0.182. The molecular weight excluding hydrogens is 381 g/mol. The molecule has 2 aromatic heterocycles. The first-order valence-electron chi connectivity index (χ1n) is 8.89. The van der Waals surface area contributed by atoms with Crippen LogP contribution in [0.15, 0.2) is 54.7 Å². The number of nitrogens with zero attached hydrogens (tertiary/aromatic N) is 2. The average Bonchev–Trinajstić information content (AvgIpc) is 2.71. The molecule has 0 aliphatic rings. The van der Waals surface area contributed by atoms with Crippen molar-refractivity contribution in [2.45, 2.75) is 19.7 Å². The van der Waals surface area contributed by atoms with E-state index in [0.29, 0.717) is 16.7 Å². The first kappa shape index (κ1) is 19.0. The maximum absolute atomic E-state index is 14.1. The van der Waals surface area contributed by atoms with Crippen LogP contribution in [0.1, 0.15) is 16.7 Å². The van der Waals surface area contributed by atoms with E-state index >= 15 is 0 Å². The summed E-state index contributed by atoms with van der Waals surface area (Å²) in [6, 6.07) is 14.0. The largest absolute Gasteiger partial charge is 0.489 e. The van der Waals surface area contributed by atoms with Gasteiger partial charge in [0.25, 0.3) is 0 Å². The Morgan fingerprint density at radius 1 is 1.00 bits per heavy atom. The smallest absolute Gasteiger partial charge is 0.417 e. The number of hydrogen-bond acceptors (Lipinski definition) is 4. The van der Waals surface area contributed by atoms with Crippen molar-refractivity contribution in [2.75, 3.05) is 7.11 Å². The molecule has 0 aliphatic carbocycles. The minimum absolute atomic E-state index is 0.0824. The van der Waals surface area contributed by atoms with E-state index in [9.17, 15) is 13.2 Å². The summed E-state index contributed by atoms with van der Waals surface area (Å²) in [6.45, 7) is 1.64. The fourth-order valence-electron chi connectivity index (χ4n) is 3.28. The summed E-state index contributed by atoms with van der Waals surface area (Å²) in [4.78, 5) is 8.58. The molecule has 0 amide bonds. The van der Waals surface area contributed by atoms with Gasteiger partial charge in [-0.15, -0.1) is 0 Å². The van der Waals surface area contributed by atoms with Crippen LogP contribution in [0, 0.1) is 6.92 Å². The van der Waals surface area contributed by atoms with Gasteiger partial charge in [0.2, 0.25) is 5.88 Å². The minimum Gasteiger partial charge on any atom is -0.489 e. The van der Waals surface area contributed by atoms with Gasteiger partial charge in [0.1, 0.15) is 12.4 Å². The zero-order chi connectivity index (χ0) is 20.6. The standard InChI is InChI=1S/C22H17F3N2O2/c1-13-7-9-15(10-8-13)29-12-14-11-26-20-16-5-3-4-6-17(16)27-21(28-2)18(20)19(14)22(23,24)25/h3-11H,12H2,1-2H3. The van der Waals surface area contributed by atoms with Crippen LogP contribution in [0.25, 0.3) is 21.8 Å². The number of alkyl halides is 3. The first-order valence-corrected chi connectivity index (χ1v) is 8.89. The van der Waals surface area contributed by atoms with Crippen LogP contribution in [0.3, 0.4) is 0 Å². The van der Waals surface area contributed by atoms with E-state index in [1.807, 2.05) is 19.1 Å². The predicted octanol–water partition coefficient (Wildman–Crippen LogP) is 5.70. The van der Waals surface area contributed by atoms with E-state index in [1.165, 1.54) is 13.3 Å². The molecule has 0 saturated heterocycles. The highest BCUT2D eigenvalue weighted by molar-refractivity contribution is 6.07. The molecule has 0 spiro atoms. The van der Waals surface area contributed by atoms with E-state index < -0.39 is 11.7 Å². The van der Waals surface area contributed by atoms with E-state index in [2.05, 4.69) is 9.97 Å². The maximum atomic E-state index is 14.1. The Hall–Kier alpha value is -3.35. The summed E-state index contributed by atoms with van der Waals surface area (Å²) in [7, 11) is 1.30. The van der Waals surface area contributed by atoms with Crippen molar-refractivity contribution in [3.05, 3.63) is 71.4 Å². The number of aryl methyl sites for hydroxylation is 1. The van der Waals surface area contributed by atoms with Gasteiger partial charge in [0.15, 0.2) is 0 Å². The normalized spacial score (nSPS) is 11.8. The summed E-state index contributed by atoms with van der Waals surface area (Å²) >= 11 is 0. The highest BCUT2D eigenvalue weighted by Gasteiger charge is 2.38. The third-order valence-electron chi connectivity index (χ3n) is 4.64. The molecule has 0 saturated carbocycles. The van der Waals surface area contributed by atoms with Gasteiger partial charge in [0, 0.05) is 17.1 Å². The van der Waals surface area contributed by atoms with Crippen molar-refractivity contribution in [2.24, 2.45) is 0 Å². The monoisotopic (exact) mass is 398 g/mol. The molecule has 0 atom stereocenters. The van der Waals surface area contributed by atoms with E-state index in [1.54, 1.807) is 36.4 Å². The topological polar surface area (TPSA) is 44.2 Å². The second-order valence-electron chi connectivity index (χ2n) is 6.62. The highest BCUT2D eigenvalue weighted by Crippen LogP contribution is 2.42. The van der Waals surface area contributed by atoms with E-state index in [0.717, 1.165) is 5.56 Å². The molecule has 7 heteroatoms. The highest BCUT2D eigenvalue weighted by atomic mass is 19.4. The van der Waals surface area contributed by atoms with Gasteiger partial charge in [0.05, 0.1) is 29.1 Å². The van der Waals surface area contributed by atoms with Crippen molar-refractivity contribution >= 4 is 21.8 Å². The van der Waals surface area contributed by atoms with Crippen molar-refractivity contribution in [1.29, 1.82) is 0 Å².